The van der Waals surface area contributed by atoms with Crippen LogP contribution >= 0.6 is 11.6 Å². The van der Waals surface area contributed by atoms with E-state index in [1.807, 2.05) is 53.9 Å². The molecule has 4 aromatic rings. The first-order chi connectivity index (χ1) is 13.3. The predicted molar refractivity (Wildman–Crippen MR) is 117 cm³/mol. The number of nitrogens with one attached hydrogen (secondary N) is 1. The first-order valence-corrected chi connectivity index (χ1v) is 9.69. The molecule has 2 heterocycles. The Bertz CT molecular complexity index is 1120. The second-order valence-corrected chi connectivity index (χ2v) is 8.41. The minimum Gasteiger partial charge on any atom is -0.340 e. The molecule has 0 aliphatic carbocycles. The third-order valence-corrected chi connectivity index (χ3v) is 4.96. The van der Waals surface area contributed by atoms with Crippen LogP contribution in [0.15, 0.2) is 60.7 Å². The molecule has 2 aromatic carbocycles. The molecule has 0 saturated carbocycles. The number of rotatable bonds is 3. The Morgan fingerprint density at radius 1 is 0.964 bits per heavy atom. The van der Waals surface area contributed by atoms with Gasteiger partial charge in [-0.2, -0.15) is 9.61 Å². The van der Waals surface area contributed by atoms with E-state index in [4.69, 9.17) is 21.7 Å². The molecule has 28 heavy (non-hydrogen) atoms. The summed E-state index contributed by atoms with van der Waals surface area (Å²) in [4.78, 5) is 5.00. The van der Waals surface area contributed by atoms with E-state index in [1.54, 1.807) is 0 Å². The Kier molecular flexibility index (Phi) is 4.60. The van der Waals surface area contributed by atoms with Crippen LogP contribution in [0.1, 0.15) is 32.2 Å². The van der Waals surface area contributed by atoms with E-state index in [9.17, 15) is 0 Å². The predicted octanol–water partition coefficient (Wildman–Crippen LogP) is 6.40. The highest BCUT2D eigenvalue weighted by molar-refractivity contribution is 6.30. The molecular formula is C23H23ClN4. The zero-order chi connectivity index (χ0) is 19.9. The summed E-state index contributed by atoms with van der Waals surface area (Å²) in [6, 6.07) is 20.0. The van der Waals surface area contributed by atoms with Gasteiger partial charge in [0.2, 0.25) is 0 Å². The van der Waals surface area contributed by atoms with Crippen molar-refractivity contribution in [2.45, 2.75) is 33.1 Å². The molecule has 142 valence electrons. The van der Waals surface area contributed by atoms with Crippen LogP contribution < -0.4 is 5.32 Å². The molecule has 0 aliphatic rings. The van der Waals surface area contributed by atoms with Gasteiger partial charge in [-0.1, -0.05) is 62.7 Å². The Hall–Kier alpha value is -2.85. The standard InChI is InChI=1S/C23H23ClN4/c1-15-21(16-8-6-5-7-9-16)22-26-19(23(2,3)4)14-20(28(22)27-15)25-18-12-10-17(24)11-13-18/h5-14,25H,1-4H3. The molecule has 0 aliphatic heterocycles. The van der Waals surface area contributed by atoms with Gasteiger partial charge in [-0.3, -0.25) is 0 Å². The average Bonchev–Trinajstić information content (AvgIpc) is 3.00. The van der Waals surface area contributed by atoms with Crippen molar-refractivity contribution in [3.05, 3.63) is 77.1 Å². The van der Waals surface area contributed by atoms with Crippen LogP contribution in [0.4, 0.5) is 11.5 Å². The van der Waals surface area contributed by atoms with Gasteiger partial charge in [0.05, 0.1) is 11.4 Å². The number of benzene rings is 2. The molecule has 4 nitrogen and oxygen atoms in total. The maximum atomic E-state index is 6.03. The number of anilines is 2. The number of hydrogen-bond donors (Lipinski definition) is 1. The number of fused-ring (bicyclic) bond motifs is 1. The van der Waals surface area contributed by atoms with Gasteiger partial charge in [-0.15, -0.1) is 0 Å². The third kappa shape index (κ3) is 3.48. The van der Waals surface area contributed by atoms with Crippen LogP contribution in [-0.2, 0) is 5.41 Å². The second kappa shape index (κ2) is 6.95. The summed E-state index contributed by atoms with van der Waals surface area (Å²) in [7, 11) is 0. The molecule has 0 bridgehead atoms. The van der Waals surface area contributed by atoms with Crippen LogP contribution in [-0.4, -0.2) is 14.6 Å². The largest absolute Gasteiger partial charge is 0.340 e. The van der Waals surface area contributed by atoms with E-state index >= 15 is 0 Å². The summed E-state index contributed by atoms with van der Waals surface area (Å²) < 4.78 is 1.89. The zero-order valence-corrected chi connectivity index (χ0v) is 17.2. The quantitative estimate of drug-likeness (QED) is 0.440. The molecule has 0 unspecified atom stereocenters. The number of aromatic nitrogens is 3. The van der Waals surface area contributed by atoms with Crippen molar-refractivity contribution in [2.24, 2.45) is 0 Å². The van der Waals surface area contributed by atoms with Crippen LogP contribution in [0.3, 0.4) is 0 Å². The molecule has 0 radical (unpaired) electrons. The number of nitrogens with zero attached hydrogens (tertiary/aromatic N) is 3. The van der Waals surface area contributed by atoms with E-state index in [-0.39, 0.29) is 5.41 Å². The van der Waals surface area contributed by atoms with Crippen molar-refractivity contribution in [1.29, 1.82) is 0 Å². The van der Waals surface area contributed by atoms with E-state index in [0.717, 1.165) is 39.7 Å². The summed E-state index contributed by atoms with van der Waals surface area (Å²) in [6.07, 6.45) is 0. The van der Waals surface area contributed by atoms with Crippen molar-refractivity contribution in [2.75, 3.05) is 5.32 Å². The lowest BCUT2D eigenvalue weighted by Gasteiger charge is -2.20. The molecule has 0 spiro atoms. The van der Waals surface area contributed by atoms with Crippen LogP contribution in [0, 0.1) is 6.92 Å². The fourth-order valence-electron chi connectivity index (χ4n) is 3.22. The first kappa shape index (κ1) is 18.5. The average molecular weight is 391 g/mol. The molecule has 0 fully saturated rings. The normalized spacial score (nSPS) is 11.8. The van der Waals surface area contributed by atoms with E-state index in [0.29, 0.717) is 5.02 Å². The maximum Gasteiger partial charge on any atom is 0.165 e. The van der Waals surface area contributed by atoms with Gasteiger partial charge in [0.1, 0.15) is 5.82 Å². The van der Waals surface area contributed by atoms with Gasteiger partial charge in [0, 0.05) is 27.8 Å². The van der Waals surface area contributed by atoms with Gasteiger partial charge in [-0.05, 0) is 36.8 Å². The number of halogens is 1. The zero-order valence-electron chi connectivity index (χ0n) is 16.5. The van der Waals surface area contributed by atoms with E-state index in [1.165, 1.54) is 0 Å². The fourth-order valence-corrected chi connectivity index (χ4v) is 3.35. The van der Waals surface area contributed by atoms with Crippen LogP contribution in [0.2, 0.25) is 5.02 Å². The minimum atomic E-state index is -0.0929. The smallest absolute Gasteiger partial charge is 0.165 e. The minimum absolute atomic E-state index is 0.0929. The number of hydrogen-bond acceptors (Lipinski definition) is 3. The molecular weight excluding hydrogens is 368 g/mol. The fraction of sp³-hybridized carbons (Fsp3) is 0.217. The van der Waals surface area contributed by atoms with Crippen molar-refractivity contribution in [1.82, 2.24) is 14.6 Å². The van der Waals surface area contributed by atoms with Crippen LogP contribution in [0.5, 0.6) is 0 Å². The van der Waals surface area contributed by atoms with Gasteiger partial charge < -0.3 is 5.32 Å². The summed E-state index contributed by atoms with van der Waals surface area (Å²) in [5.41, 5.74) is 5.85. The van der Waals surface area contributed by atoms with Gasteiger partial charge >= 0.3 is 0 Å². The Labute approximate surface area is 170 Å². The van der Waals surface area contributed by atoms with E-state index < -0.39 is 0 Å². The Morgan fingerprint density at radius 2 is 1.64 bits per heavy atom. The highest BCUT2D eigenvalue weighted by atomic mass is 35.5. The van der Waals surface area contributed by atoms with Crippen molar-refractivity contribution >= 4 is 28.8 Å². The summed E-state index contributed by atoms with van der Waals surface area (Å²) in [5.74, 6) is 0.877. The Balaban J connectivity index is 1.95. The molecule has 1 N–H and O–H groups in total. The first-order valence-electron chi connectivity index (χ1n) is 9.32. The lowest BCUT2D eigenvalue weighted by molar-refractivity contribution is 0.569. The lowest BCUT2D eigenvalue weighted by atomic mass is 9.92. The lowest BCUT2D eigenvalue weighted by Crippen LogP contribution is -2.16. The summed E-state index contributed by atoms with van der Waals surface area (Å²) >= 11 is 6.03. The number of aryl methyl sites for hydroxylation is 1. The molecule has 0 atom stereocenters. The molecule has 2 aromatic heterocycles. The summed E-state index contributed by atoms with van der Waals surface area (Å²) in [6.45, 7) is 8.54. The van der Waals surface area contributed by atoms with Crippen molar-refractivity contribution in [3.63, 3.8) is 0 Å². The molecule has 0 amide bonds. The monoisotopic (exact) mass is 390 g/mol. The molecule has 4 rings (SSSR count). The Morgan fingerprint density at radius 3 is 2.29 bits per heavy atom. The van der Waals surface area contributed by atoms with Gasteiger partial charge in [0.15, 0.2) is 5.65 Å². The van der Waals surface area contributed by atoms with E-state index in [2.05, 4.69) is 44.3 Å². The highest BCUT2D eigenvalue weighted by Gasteiger charge is 2.22. The van der Waals surface area contributed by atoms with Crippen LogP contribution in [0.25, 0.3) is 16.8 Å². The molecule has 5 heteroatoms. The van der Waals surface area contributed by atoms with Crippen molar-refractivity contribution < 1.29 is 0 Å². The topological polar surface area (TPSA) is 42.2 Å². The SMILES string of the molecule is Cc1nn2c(Nc3ccc(Cl)cc3)cc(C(C)(C)C)nc2c1-c1ccccc1. The van der Waals surface area contributed by atoms with Gasteiger partial charge in [-0.25, -0.2) is 4.98 Å². The highest BCUT2D eigenvalue weighted by Crippen LogP contribution is 2.32. The van der Waals surface area contributed by atoms with Gasteiger partial charge in [0.25, 0.3) is 0 Å². The maximum absolute atomic E-state index is 6.03. The second-order valence-electron chi connectivity index (χ2n) is 7.97. The molecule has 0 saturated heterocycles. The third-order valence-electron chi connectivity index (χ3n) is 4.71. The van der Waals surface area contributed by atoms with Crippen molar-refractivity contribution in [3.8, 4) is 11.1 Å². The summed E-state index contributed by atoms with van der Waals surface area (Å²) in [5, 5.41) is 8.98.